The Morgan fingerprint density at radius 2 is 1.82 bits per heavy atom. The number of halogens is 1. The second kappa shape index (κ2) is 9.50. The van der Waals surface area contributed by atoms with Crippen LogP contribution in [0.25, 0.3) is 0 Å². The van der Waals surface area contributed by atoms with Gasteiger partial charge in [0, 0.05) is 16.7 Å². The van der Waals surface area contributed by atoms with Crippen molar-refractivity contribution in [2.75, 3.05) is 23.3 Å². The van der Waals surface area contributed by atoms with Crippen LogP contribution in [0.5, 0.6) is 5.75 Å². The third-order valence-electron chi connectivity index (χ3n) is 5.18. The zero-order valence-electron chi connectivity index (χ0n) is 17.5. The van der Waals surface area contributed by atoms with Crippen LogP contribution in [0.4, 0.5) is 11.4 Å². The molecule has 0 saturated carbocycles. The number of thiocarbonyl (C=S) groups is 1. The highest BCUT2D eigenvalue weighted by atomic mass is 79.9. The summed E-state index contributed by atoms with van der Waals surface area (Å²) in [5, 5.41) is 5.57. The first-order chi connectivity index (χ1) is 15.8. The summed E-state index contributed by atoms with van der Waals surface area (Å²) in [4.78, 5) is 12.8. The average molecular weight is 546 g/mol. The first-order valence-corrected chi connectivity index (χ1v) is 12.6. The maximum atomic E-state index is 13.1. The quantitative estimate of drug-likeness (QED) is 0.464. The number of fused-ring (bicyclic) bond motifs is 1. The molecule has 1 amide bonds. The van der Waals surface area contributed by atoms with Crippen molar-refractivity contribution in [3.63, 3.8) is 0 Å². The van der Waals surface area contributed by atoms with E-state index in [1.807, 2.05) is 24.3 Å². The van der Waals surface area contributed by atoms with Gasteiger partial charge >= 0.3 is 0 Å². The Morgan fingerprint density at radius 3 is 2.55 bits per heavy atom. The fourth-order valence-corrected chi connectivity index (χ4v) is 5.66. The molecule has 3 aromatic carbocycles. The Labute approximate surface area is 205 Å². The maximum absolute atomic E-state index is 13.1. The number of amides is 1. The molecule has 0 atom stereocenters. The van der Waals surface area contributed by atoms with E-state index < -0.39 is 15.9 Å². The SMILES string of the molecule is COc1ccc(Br)cc1C(=O)NC(=S)Nc1ccc(S(=O)(=O)N2CCc3ccccc32)cc1. The largest absolute Gasteiger partial charge is 0.496 e. The third kappa shape index (κ3) is 4.87. The summed E-state index contributed by atoms with van der Waals surface area (Å²) >= 11 is 8.57. The van der Waals surface area contributed by atoms with Crippen molar-refractivity contribution in [2.24, 2.45) is 0 Å². The van der Waals surface area contributed by atoms with E-state index >= 15 is 0 Å². The van der Waals surface area contributed by atoms with Crippen LogP contribution in [0, 0.1) is 0 Å². The van der Waals surface area contributed by atoms with Gasteiger partial charge in [0.05, 0.1) is 23.3 Å². The normalized spacial score (nSPS) is 12.7. The third-order valence-corrected chi connectivity index (χ3v) is 7.70. The number of nitrogens with zero attached hydrogens (tertiary/aromatic N) is 1. The number of anilines is 2. The first kappa shape index (κ1) is 23.2. The second-order valence-electron chi connectivity index (χ2n) is 7.23. The fourth-order valence-electron chi connectivity index (χ4n) is 3.59. The Morgan fingerprint density at radius 1 is 1.09 bits per heavy atom. The summed E-state index contributed by atoms with van der Waals surface area (Å²) in [7, 11) is -2.20. The molecule has 3 aromatic rings. The van der Waals surface area contributed by atoms with Gasteiger partial charge < -0.3 is 10.1 Å². The molecule has 0 bridgehead atoms. The van der Waals surface area contributed by atoms with E-state index in [9.17, 15) is 13.2 Å². The Kier molecular flexibility index (Phi) is 6.68. The number of rotatable bonds is 5. The molecule has 0 aromatic heterocycles. The molecule has 1 aliphatic rings. The first-order valence-electron chi connectivity index (χ1n) is 9.96. The van der Waals surface area contributed by atoms with Crippen LogP contribution in [-0.2, 0) is 16.4 Å². The lowest BCUT2D eigenvalue weighted by Gasteiger charge is -2.20. The summed E-state index contributed by atoms with van der Waals surface area (Å²) in [6, 6.07) is 18.8. The molecular formula is C23H20BrN3O4S2. The highest BCUT2D eigenvalue weighted by molar-refractivity contribution is 9.10. The summed E-state index contributed by atoms with van der Waals surface area (Å²) in [6.45, 7) is 0.414. The molecule has 4 rings (SSSR count). The average Bonchev–Trinajstić information content (AvgIpc) is 3.24. The maximum Gasteiger partial charge on any atom is 0.264 e. The van der Waals surface area contributed by atoms with Crippen molar-refractivity contribution in [3.8, 4) is 5.75 Å². The van der Waals surface area contributed by atoms with Crippen LogP contribution in [0.15, 0.2) is 76.1 Å². The van der Waals surface area contributed by atoms with Crippen LogP contribution in [0.3, 0.4) is 0 Å². The molecular weight excluding hydrogens is 526 g/mol. The standard InChI is InChI=1S/C23H20BrN3O4S2/c1-31-21-11-6-16(24)14-19(21)22(28)26-23(32)25-17-7-9-18(10-8-17)33(29,30)27-13-12-15-4-2-3-5-20(15)27/h2-11,14H,12-13H2,1H3,(H2,25,26,28,32). The van der Waals surface area contributed by atoms with E-state index in [1.165, 1.54) is 23.5 Å². The number of nitrogens with one attached hydrogen (secondary N) is 2. The van der Waals surface area contributed by atoms with Crippen LogP contribution in [-0.4, -0.2) is 33.1 Å². The molecule has 0 fully saturated rings. The summed E-state index contributed by atoms with van der Waals surface area (Å²) < 4.78 is 33.6. The Balaban J connectivity index is 1.44. The van der Waals surface area contributed by atoms with Crippen molar-refractivity contribution < 1.29 is 17.9 Å². The lowest BCUT2D eigenvalue weighted by Crippen LogP contribution is -2.34. The number of benzene rings is 3. The van der Waals surface area contributed by atoms with Gasteiger partial charge in [-0.3, -0.25) is 14.4 Å². The smallest absolute Gasteiger partial charge is 0.264 e. The Bertz CT molecular complexity index is 1330. The topological polar surface area (TPSA) is 87.7 Å². The van der Waals surface area contributed by atoms with Crippen molar-refractivity contribution in [3.05, 3.63) is 82.3 Å². The molecule has 0 saturated heterocycles. The lowest BCUT2D eigenvalue weighted by molar-refractivity contribution is 0.0974. The van der Waals surface area contributed by atoms with Crippen LogP contribution in [0.2, 0.25) is 0 Å². The molecule has 0 radical (unpaired) electrons. The molecule has 0 aliphatic carbocycles. The molecule has 33 heavy (non-hydrogen) atoms. The number of sulfonamides is 1. The number of carbonyl (C=O) groups excluding carboxylic acids is 1. The van der Waals surface area contributed by atoms with Gasteiger partial charge in [-0.1, -0.05) is 34.1 Å². The van der Waals surface area contributed by atoms with Crippen molar-refractivity contribution in [1.29, 1.82) is 0 Å². The van der Waals surface area contributed by atoms with Crippen LogP contribution in [0.1, 0.15) is 15.9 Å². The summed E-state index contributed by atoms with van der Waals surface area (Å²) in [5.41, 5.74) is 2.60. The number of methoxy groups -OCH3 is 1. The van der Waals surface area contributed by atoms with E-state index in [1.54, 1.807) is 30.3 Å². The van der Waals surface area contributed by atoms with Crippen LogP contribution < -0.4 is 19.7 Å². The van der Waals surface area contributed by atoms with Gasteiger partial charge in [0.15, 0.2) is 5.11 Å². The predicted octanol–water partition coefficient (Wildman–Crippen LogP) is 4.34. The van der Waals surface area contributed by atoms with Crippen molar-refractivity contribution in [2.45, 2.75) is 11.3 Å². The van der Waals surface area contributed by atoms with Crippen LogP contribution >= 0.6 is 28.1 Å². The molecule has 10 heteroatoms. The number of ether oxygens (including phenoxy) is 1. The van der Waals surface area contributed by atoms with Gasteiger partial charge in [-0.25, -0.2) is 8.42 Å². The summed E-state index contributed by atoms with van der Waals surface area (Å²) in [6.07, 6.45) is 0.686. The zero-order chi connectivity index (χ0) is 23.6. The molecule has 7 nitrogen and oxygen atoms in total. The van der Waals surface area contributed by atoms with Gasteiger partial charge in [-0.05, 0) is 72.7 Å². The fraction of sp³-hybridized carbons (Fsp3) is 0.130. The lowest BCUT2D eigenvalue weighted by atomic mass is 10.2. The number of hydrogen-bond donors (Lipinski definition) is 2. The molecule has 2 N–H and O–H groups in total. The van der Waals surface area contributed by atoms with E-state index in [0.717, 1.165) is 10.0 Å². The van der Waals surface area contributed by atoms with E-state index in [2.05, 4.69) is 26.6 Å². The number of para-hydroxylation sites is 1. The molecule has 170 valence electrons. The zero-order valence-corrected chi connectivity index (χ0v) is 20.8. The minimum absolute atomic E-state index is 0.0751. The highest BCUT2D eigenvalue weighted by Gasteiger charge is 2.30. The monoisotopic (exact) mass is 545 g/mol. The van der Waals surface area contributed by atoms with Crippen molar-refractivity contribution >= 4 is 60.6 Å². The number of carbonyl (C=O) groups is 1. The van der Waals surface area contributed by atoms with Gasteiger partial charge in [-0.15, -0.1) is 0 Å². The summed E-state index contributed by atoms with van der Waals surface area (Å²) in [5.74, 6) is -0.0194. The van der Waals surface area contributed by atoms with Gasteiger partial charge in [0.25, 0.3) is 15.9 Å². The molecule has 1 heterocycles. The van der Waals surface area contributed by atoms with E-state index in [-0.39, 0.29) is 10.0 Å². The molecule has 1 aliphatic heterocycles. The molecule has 0 unspecified atom stereocenters. The van der Waals surface area contributed by atoms with Gasteiger partial charge in [0.1, 0.15) is 5.75 Å². The highest BCUT2D eigenvalue weighted by Crippen LogP contribution is 2.32. The predicted molar refractivity (Wildman–Crippen MR) is 136 cm³/mol. The van der Waals surface area contributed by atoms with Crippen molar-refractivity contribution in [1.82, 2.24) is 5.32 Å². The van der Waals surface area contributed by atoms with Gasteiger partial charge in [0.2, 0.25) is 0 Å². The molecule has 0 spiro atoms. The van der Waals surface area contributed by atoms with E-state index in [4.69, 9.17) is 17.0 Å². The Hall–Kier alpha value is -2.95. The second-order valence-corrected chi connectivity index (χ2v) is 10.4. The van der Waals surface area contributed by atoms with E-state index in [0.29, 0.717) is 35.7 Å². The minimum Gasteiger partial charge on any atom is -0.496 e. The minimum atomic E-state index is -3.68. The number of hydrogen-bond acceptors (Lipinski definition) is 5. The van der Waals surface area contributed by atoms with Gasteiger partial charge in [-0.2, -0.15) is 0 Å².